The maximum Gasteiger partial charge on any atom is 0.238 e. The minimum absolute atomic E-state index is 0.00532. The van der Waals surface area contributed by atoms with E-state index in [4.69, 9.17) is 0 Å². The van der Waals surface area contributed by atoms with Gasteiger partial charge in [-0.1, -0.05) is 60.7 Å². The molecule has 4 rings (SSSR count). The molecule has 0 atom stereocenters. The third kappa shape index (κ3) is 5.11. The fourth-order valence-corrected chi connectivity index (χ4v) is 4.07. The highest BCUT2D eigenvalue weighted by atomic mass is 16.2. The van der Waals surface area contributed by atoms with E-state index < -0.39 is 0 Å². The first-order valence-corrected chi connectivity index (χ1v) is 10.7. The molecular weight excluding hydrogens is 384 g/mol. The van der Waals surface area contributed by atoms with Gasteiger partial charge in [-0.25, -0.2) is 0 Å². The number of hydrogen-bond acceptors (Lipinski definition) is 4. The molecular formula is C26H26N4O. The summed E-state index contributed by atoms with van der Waals surface area (Å²) in [6.45, 7) is 3.68. The van der Waals surface area contributed by atoms with Crippen LogP contribution in [0.5, 0.6) is 0 Å². The maximum atomic E-state index is 12.8. The Hall–Kier alpha value is -3.62. The van der Waals surface area contributed by atoms with E-state index in [0.29, 0.717) is 12.1 Å². The van der Waals surface area contributed by atoms with E-state index >= 15 is 0 Å². The van der Waals surface area contributed by atoms with Gasteiger partial charge in [0.25, 0.3) is 0 Å². The maximum absolute atomic E-state index is 12.8. The summed E-state index contributed by atoms with van der Waals surface area (Å²) in [5.41, 5.74) is 4.61. The number of nitrogens with zero attached hydrogens (tertiary/aromatic N) is 3. The zero-order valence-corrected chi connectivity index (χ0v) is 17.5. The first-order chi connectivity index (χ1) is 15.2. The molecule has 5 heteroatoms. The number of anilines is 2. The van der Waals surface area contributed by atoms with Crippen molar-refractivity contribution in [3.8, 4) is 17.2 Å². The molecule has 5 nitrogen and oxygen atoms in total. The number of hydrogen-bond donors (Lipinski definition) is 1. The van der Waals surface area contributed by atoms with Gasteiger partial charge in [0.2, 0.25) is 5.91 Å². The molecule has 3 aromatic carbocycles. The predicted molar refractivity (Wildman–Crippen MR) is 125 cm³/mol. The van der Waals surface area contributed by atoms with E-state index in [1.54, 1.807) is 0 Å². The molecule has 3 aromatic rings. The van der Waals surface area contributed by atoms with Crippen LogP contribution in [0.25, 0.3) is 11.1 Å². The number of carbonyl (C=O) groups is 1. The van der Waals surface area contributed by atoms with Gasteiger partial charge in [0.1, 0.15) is 6.07 Å². The lowest BCUT2D eigenvalue weighted by Gasteiger charge is -2.24. The number of benzene rings is 3. The number of carbonyl (C=O) groups excluding carboxylic acids is 1. The Morgan fingerprint density at radius 1 is 0.871 bits per heavy atom. The average Bonchev–Trinajstić information content (AvgIpc) is 3.05. The summed E-state index contributed by atoms with van der Waals surface area (Å²) in [6.07, 6.45) is 0.952. The lowest BCUT2D eigenvalue weighted by molar-refractivity contribution is -0.117. The lowest BCUT2D eigenvalue weighted by Crippen LogP contribution is -2.36. The summed E-state index contributed by atoms with van der Waals surface area (Å²) in [5, 5.41) is 12.5. The molecule has 1 aliphatic rings. The molecule has 1 fully saturated rings. The van der Waals surface area contributed by atoms with E-state index in [1.165, 1.54) is 0 Å². The molecule has 1 N–H and O–H groups in total. The van der Waals surface area contributed by atoms with Gasteiger partial charge in [-0.15, -0.1) is 0 Å². The van der Waals surface area contributed by atoms with Gasteiger partial charge >= 0.3 is 0 Å². The van der Waals surface area contributed by atoms with E-state index in [1.807, 2.05) is 78.9 Å². The largest absolute Gasteiger partial charge is 0.369 e. The van der Waals surface area contributed by atoms with Crippen LogP contribution in [0.15, 0.2) is 78.9 Å². The summed E-state index contributed by atoms with van der Waals surface area (Å²) >= 11 is 0. The molecule has 156 valence electrons. The molecule has 0 saturated carbocycles. The topological polar surface area (TPSA) is 59.4 Å². The van der Waals surface area contributed by atoms with Crippen molar-refractivity contribution in [2.45, 2.75) is 6.42 Å². The Balaban J connectivity index is 1.39. The van der Waals surface area contributed by atoms with Crippen molar-refractivity contribution in [2.75, 3.05) is 42.9 Å². The van der Waals surface area contributed by atoms with Crippen molar-refractivity contribution in [3.63, 3.8) is 0 Å². The predicted octanol–water partition coefficient (Wildman–Crippen LogP) is 4.38. The molecule has 1 aliphatic heterocycles. The van der Waals surface area contributed by atoms with Crippen LogP contribution in [0.3, 0.4) is 0 Å². The third-order valence-electron chi connectivity index (χ3n) is 5.61. The van der Waals surface area contributed by atoms with Crippen LogP contribution in [-0.2, 0) is 4.79 Å². The second-order valence-corrected chi connectivity index (χ2v) is 7.71. The average molecular weight is 411 g/mol. The fraction of sp³-hybridized carbons (Fsp3) is 0.231. The van der Waals surface area contributed by atoms with Crippen molar-refractivity contribution in [1.29, 1.82) is 5.26 Å². The smallest absolute Gasteiger partial charge is 0.238 e. The van der Waals surface area contributed by atoms with Crippen LogP contribution in [-0.4, -0.2) is 43.5 Å². The first kappa shape index (κ1) is 20.6. The molecule has 1 heterocycles. The number of nitriles is 1. The zero-order valence-electron chi connectivity index (χ0n) is 17.5. The summed E-state index contributed by atoms with van der Waals surface area (Å²) in [5.74, 6) is -0.00532. The van der Waals surface area contributed by atoms with Gasteiger partial charge in [0.05, 0.1) is 17.8 Å². The summed E-state index contributed by atoms with van der Waals surface area (Å²) in [7, 11) is 0. The van der Waals surface area contributed by atoms with Gasteiger partial charge in [-0.2, -0.15) is 5.26 Å². The van der Waals surface area contributed by atoms with E-state index in [2.05, 4.69) is 21.2 Å². The highest BCUT2D eigenvalue weighted by Crippen LogP contribution is 2.27. The quantitative estimate of drug-likeness (QED) is 0.678. The molecule has 0 aromatic heterocycles. The first-order valence-electron chi connectivity index (χ1n) is 10.7. The van der Waals surface area contributed by atoms with Crippen LogP contribution in [0.1, 0.15) is 12.0 Å². The Bertz CT molecular complexity index is 1070. The van der Waals surface area contributed by atoms with Crippen LogP contribution in [0.2, 0.25) is 0 Å². The van der Waals surface area contributed by atoms with Crippen molar-refractivity contribution >= 4 is 17.3 Å². The van der Waals surface area contributed by atoms with Crippen LogP contribution in [0, 0.1) is 11.3 Å². The molecule has 0 spiro atoms. The number of nitrogens with one attached hydrogen (secondary N) is 1. The molecule has 31 heavy (non-hydrogen) atoms. The van der Waals surface area contributed by atoms with Crippen molar-refractivity contribution in [1.82, 2.24) is 4.90 Å². The normalized spacial score (nSPS) is 14.5. The number of amides is 1. The SMILES string of the molecule is N#Cc1ccccc1N1CCCN(CC(=O)Nc2ccccc2-c2ccccc2)CC1. The van der Waals surface area contributed by atoms with Gasteiger partial charge in [0.15, 0.2) is 0 Å². The highest BCUT2D eigenvalue weighted by molar-refractivity contribution is 5.96. The van der Waals surface area contributed by atoms with E-state index in [0.717, 1.165) is 55.1 Å². The van der Waals surface area contributed by atoms with Crippen LogP contribution in [0.4, 0.5) is 11.4 Å². The number of rotatable bonds is 5. The van der Waals surface area contributed by atoms with Crippen molar-refractivity contribution in [3.05, 3.63) is 84.4 Å². The highest BCUT2D eigenvalue weighted by Gasteiger charge is 2.19. The second-order valence-electron chi connectivity index (χ2n) is 7.71. The summed E-state index contributed by atoms with van der Waals surface area (Å²) < 4.78 is 0. The third-order valence-corrected chi connectivity index (χ3v) is 5.61. The fourth-order valence-electron chi connectivity index (χ4n) is 4.07. The van der Waals surface area contributed by atoms with Gasteiger partial charge in [-0.3, -0.25) is 9.69 Å². The standard InChI is InChI=1S/C26H26N4O/c27-19-22-11-4-7-14-25(22)30-16-8-15-29(17-18-30)20-26(31)28-24-13-6-5-12-23(24)21-9-2-1-3-10-21/h1-7,9-14H,8,15-18,20H2,(H,28,31). The summed E-state index contributed by atoms with van der Waals surface area (Å²) in [4.78, 5) is 17.3. The molecule has 0 unspecified atom stereocenters. The minimum Gasteiger partial charge on any atom is -0.369 e. The van der Waals surface area contributed by atoms with Crippen molar-refractivity contribution < 1.29 is 4.79 Å². The van der Waals surface area contributed by atoms with Gasteiger partial charge < -0.3 is 10.2 Å². The van der Waals surface area contributed by atoms with E-state index in [9.17, 15) is 10.1 Å². The molecule has 0 bridgehead atoms. The minimum atomic E-state index is -0.00532. The van der Waals surface area contributed by atoms with Gasteiger partial charge in [0, 0.05) is 37.4 Å². The van der Waals surface area contributed by atoms with Crippen LogP contribution < -0.4 is 10.2 Å². The number of para-hydroxylation sites is 2. The molecule has 0 aliphatic carbocycles. The summed E-state index contributed by atoms with van der Waals surface area (Å²) in [6, 6.07) is 28.0. The van der Waals surface area contributed by atoms with Crippen molar-refractivity contribution in [2.24, 2.45) is 0 Å². The molecule has 1 saturated heterocycles. The molecule has 1 amide bonds. The Morgan fingerprint density at radius 3 is 2.45 bits per heavy atom. The van der Waals surface area contributed by atoms with Gasteiger partial charge in [-0.05, 0) is 30.2 Å². The monoisotopic (exact) mass is 410 g/mol. The Labute approximate surface area is 183 Å². The Kier molecular flexibility index (Phi) is 6.61. The molecule has 0 radical (unpaired) electrons. The Morgan fingerprint density at radius 2 is 1.61 bits per heavy atom. The zero-order chi connectivity index (χ0) is 21.5. The van der Waals surface area contributed by atoms with Crippen LogP contribution >= 0.6 is 0 Å². The second kappa shape index (κ2) is 9.92. The lowest BCUT2D eigenvalue weighted by atomic mass is 10.0. The van der Waals surface area contributed by atoms with E-state index in [-0.39, 0.29) is 5.91 Å².